The zero-order valence-electron chi connectivity index (χ0n) is 13.7. The van der Waals surface area contributed by atoms with Gasteiger partial charge in [0.1, 0.15) is 5.54 Å². The van der Waals surface area contributed by atoms with E-state index in [0.29, 0.717) is 25.2 Å². The van der Waals surface area contributed by atoms with E-state index in [1.165, 1.54) is 19.3 Å². The first-order valence-corrected chi connectivity index (χ1v) is 8.83. The van der Waals surface area contributed by atoms with Gasteiger partial charge in [0.25, 0.3) is 0 Å². The average molecular weight is 324 g/mol. The van der Waals surface area contributed by atoms with Crippen molar-refractivity contribution >= 4 is 17.8 Å². The normalized spacial score (nSPS) is 21.4. The number of rotatable bonds is 6. The molecule has 0 bridgehead atoms. The van der Waals surface area contributed by atoms with Crippen molar-refractivity contribution in [3.63, 3.8) is 0 Å². The third kappa shape index (κ3) is 5.22. The summed E-state index contributed by atoms with van der Waals surface area (Å²) in [6, 6.07) is 0. The van der Waals surface area contributed by atoms with Gasteiger partial charge in [0.15, 0.2) is 0 Å². The average Bonchev–Trinajstić information content (AvgIpc) is 2.55. The maximum atomic E-state index is 12.0. The van der Waals surface area contributed by atoms with Crippen molar-refractivity contribution in [3.8, 4) is 0 Å². The summed E-state index contributed by atoms with van der Waals surface area (Å²) in [5.41, 5.74) is -1.15. The van der Waals surface area contributed by atoms with E-state index in [9.17, 15) is 19.5 Å². The van der Waals surface area contributed by atoms with Gasteiger partial charge in [-0.3, -0.25) is 9.59 Å². The van der Waals surface area contributed by atoms with Gasteiger partial charge < -0.3 is 15.7 Å². The molecule has 0 unspecified atom stereocenters. The lowest BCUT2D eigenvalue weighted by Gasteiger charge is -2.34. The Bertz CT molecular complexity index is 438. The molecule has 0 aromatic rings. The van der Waals surface area contributed by atoms with Crippen LogP contribution in [0.5, 0.6) is 0 Å². The summed E-state index contributed by atoms with van der Waals surface area (Å²) in [5, 5.41) is 14.7. The van der Waals surface area contributed by atoms with Crippen LogP contribution in [-0.4, -0.2) is 35.0 Å². The van der Waals surface area contributed by atoms with Crippen LogP contribution in [0.2, 0.25) is 0 Å². The van der Waals surface area contributed by atoms with Gasteiger partial charge in [0.2, 0.25) is 11.8 Å². The first-order chi connectivity index (χ1) is 11.0. The fourth-order valence-electron chi connectivity index (χ4n) is 3.76. The Labute approximate surface area is 137 Å². The highest BCUT2D eigenvalue weighted by molar-refractivity contribution is 5.90. The van der Waals surface area contributed by atoms with Crippen molar-refractivity contribution in [1.29, 1.82) is 0 Å². The molecular weight excluding hydrogens is 296 g/mol. The molecule has 0 aromatic carbocycles. The second kappa shape index (κ2) is 8.31. The second-order valence-electron chi connectivity index (χ2n) is 6.98. The summed E-state index contributed by atoms with van der Waals surface area (Å²) in [6.07, 6.45) is 9.79. The molecule has 130 valence electrons. The van der Waals surface area contributed by atoms with E-state index < -0.39 is 17.4 Å². The molecule has 0 heterocycles. The molecule has 0 radical (unpaired) electrons. The molecule has 0 atom stereocenters. The van der Waals surface area contributed by atoms with Crippen LogP contribution >= 0.6 is 0 Å². The van der Waals surface area contributed by atoms with Crippen molar-refractivity contribution in [2.24, 2.45) is 5.92 Å². The summed E-state index contributed by atoms with van der Waals surface area (Å²) < 4.78 is 0. The Hall–Kier alpha value is -1.59. The minimum absolute atomic E-state index is 0.111. The molecule has 2 aliphatic rings. The smallest absolute Gasteiger partial charge is 0.329 e. The molecule has 2 fully saturated rings. The minimum atomic E-state index is -1.15. The predicted molar refractivity (Wildman–Crippen MR) is 85.8 cm³/mol. The monoisotopic (exact) mass is 324 g/mol. The number of hydrogen-bond donors (Lipinski definition) is 3. The highest BCUT2D eigenvalue weighted by Gasteiger charge is 2.40. The standard InChI is InChI=1S/C17H28N2O4/c20-14(11-13-7-3-1-4-8-13)18-12-15(21)19-17(16(22)23)9-5-2-6-10-17/h13H,1-12H2,(H,18,20)(H,19,21)(H,22,23). The Morgan fingerprint density at radius 3 is 2.13 bits per heavy atom. The van der Waals surface area contributed by atoms with Crippen LogP contribution in [0.1, 0.15) is 70.6 Å². The highest BCUT2D eigenvalue weighted by atomic mass is 16.4. The first kappa shape index (κ1) is 17.8. The lowest BCUT2D eigenvalue weighted by molar-refractivity contribution is -0.149. The zero-order valence-corrected chi connectivity index (χ0v) is 13.7. The lowest BCUT2D eigenvalue weighted by atomic mass is 9.81. The van der Waals surface area contributed by atoms with Crippen molar-refractivity contribution in [2.45, 2.75) is 76.2 Å². The number of carboxylic acids is 1. The molecule has 2 amide bonds. The van der Waals surface area contributed by atoms with Gasteiger partial charge >= 0.3 is 5.97 Å². The number of carbonyl (C=O) groups is 3. The number of hydrogen-bond acceptors (Lipinski definition) is 3. The van der Waals surface area contributed by atoms with Gasteiger partial charge in [-0.2, -0.15) is 0 Å². The molecule has 2 aliphatic carbocycles. The Morgan fingerprint density at radius 1 is 0.913 bits per heavy atom. The predicted octanol–water partition coefficient (Wildman–Crippen LogP) is 1.98. The van der Waals surface area contributed by atoms with Crippen LogP contribution in [-0.2, 0) is 14.4 Å². The summed E-state index contributed by atoms with van der Waals surface area (Å²) >= 11 is 0. The van der Waals surface area contributed by atoms with Crippen LogP contribution < -0.4 is 10.6 Å². The molecule has 2 saturated carbocycles. The molecule has 0 saturated heterocycles. The van der Waals surface area contributed by atoms with Gasteiger partial charge in [-0.05, 0) is 31.6 Å². The Balaban J connectivity index is 1.75. The van der Waals surface area contributed by atoms with Crippen molar-refractivity contribution in [2.75, 3.05) is 6.54 Å². The topological polar surface area (TPSA) is 95.5 Å². The first-order valence-electron chi connectivity index (χ1n) is 8.83. The molecule has 0 aliphatic heterocycles. The van der Waals surface area contributed by atoms with Crippen LogP contribution in [0.4, 0.5) is 0 Å². The second-order valence-corrected chi connectivity index (χ2v) is 6.98. The molecule has 6 nitrogen and oxygen atoms in total. The Morgan fingerprint density at radius 2 is 1.52 bits per heavy atom. The van der Waals surface area contributed by atoms with Gasteiger partial charge in [-0.15, -0.1) is 0 Å². The van der Waals surface area contributed by atoms with Crippen molar-refractivity contribution in [3.05, 3.63) is 0 Å². The number of amides is 2. The van der Waals surface area contributed by atoms with E-state index in [1.807, 2.05) is 0 Å². The summed E-state index contributed by atoms with van der Waals surface area (Å²) in [7, 11) is 0. The molecule has 6 heteroatoms. The largest absolute Gasteiger partial charge is 0.480 e. The van der Waals surface area contributed by atoms with E-state index in [0.717, 1.165) is 32.1 Å². The van der Waals surface area contributed by atoms with E-state index in [2.05, 4.69) is 10.6 Å². The molecular formula is C17H28N2O4. The number of nitrogens with one attached hydrogen (secondary N) is 2. The van der Waals surface area contributed by atoms with Crippen LogP contribution in [0.3, 0.4) is 0 Å². The summed E-state index contributed by atoms with van der Waals surface area (Å²) in [5.74, 6) is -1.07. The number of carbonyl (C=O) groups excluding carboxylic acids is 2. The SMILES string of the molecule is O=C(CC1CCCCC1)NCC(=O)NC1(C(=O)O)CCCCC1. The zero-order chi connectivity index (χ0) is 16.7. The van der Waals surface area contributed by atoms with E-state index in [-0.39, 0.29) is 12.5 Å². The number of carboxylic acid groups (broad SMARTS) is 1. The maximum Gasteiger partial charge on any atom is 0.329 e. The third-order valence-corrected chi connectivity index (χ3v) is 5.14. The van der Waals surface area contributed by atoms with Gasteiger partial charge in [-0.25, -0.2) is 4.79 Å². The quantitative estimate of drug-likeness (QED) is 0.696. The Kier molecular flexibility index (Phi) is 6.42. The maximum absolute atomic E-state index is 12.0. The van der Waals surface area contributed by atoms with Crippen LogP contribution in [0.15, 0.2) is 0 Å². The molecule has 3 N–H and O–H groups in total. The van der Waals surface area contributed by atoms with Crippen LogP contribution in [0.25, 0.3) is 0 Å². The van der Waals surface area contributed by atoms with Crippen molar-refractivity contribution < 1.29 is 19.5 Å². The van der Waals surface area contributed by atoms with E-state index in [4.69, 9.17) is 0 Å². The summed E-state index contributed by atoms with van der Waals surface area (Å²) in [6.45, 7) is -0.138. The third-order valence-electron chi connectivity index (χ3n) is 5.14. The lowest BCUT2D eigenvalue weighted by Crippen LogP contribution is -2.57. The molecule has 0 aromatic heterocycles. The highest BCUT2D eigenvalue weighted by Crippen LogP contribution is 2.28. The van der Waals surface area contributed by atoms with E-state index in [1.54, 1.807) is 0 Å². The summed E-state index contributed by atoms with van der Waals surface area (Å²) in [4.78, 5) is 35.5. The molecule has 23 heavy (non-hydrogen) atoms. The fourth-order valence-corrected chi connectivity index (χ4v) is 3.76. The van der Waals surface area contributed by atoms with Crippen LogP contribution in [0, 0.1) is 5.92 Å². The fraction of sp³-hybridized carbons (Fsp3) is 0.824. The molecule has 0 spiro atoms. The van der Waals surface area contributed by atoms with Gasteiger partial charge in [0.05, 0.1) is 6.54 Å². The van der Waals surface area contributed by atoms with Gasteiger partial charge in [-0.1, -0.05) is 38.5 Å². The minimum Gasteiger partial charge on any atom is -0.480 e. The molecule has 2 rings (SSSR count). The van der Waals surface area contributed by atoms with Crippen molar-refractivity contribution in [1.82, 2.24) is 10.6 Å². The van der Waals surface area contributed by atoms with E-state index >= 15 is 0 Å². The van der Waals surface area contributed by atoms with Gasteiger partial charge in [0, 0.05) is 6.42 Å². The number of aliphatic carboxylic acids is 1.